The minimum Gasteiger partial charge on any atom is -0.478 e. The highest BCUT2D eigenvalue weighted by molar-refractivity contribution is 5.96. The zero-order valence-corrected chi connectivity index (χ0v) is 16.6. The van der Waals surface area contributed by atoms with Crippen LogP contribution in [-0.4, -0.2) is 53.0 Å². The van der Waals surface area contributed by atoms with Crippen LogP contribution in [0.5, 0.6) is 11.6 Å². The van der Waals surface area contributed by atoms with Gasteiger partial charge in [0.05, 0.1) is 5.56 Å². The molecule has 2 aromatic carbocycles. The maximum absolute atomic E-state index is 13.1. The smallest absolute Gasteiger partial charge is 0.335 e. The molecule has 0 spiro atoms. The van der Waals surface area contributed by atoms with E-state index >= 15 is 0 Å². The third-order valence-corrected chi connectivity index (χ3v) is 5.08. The zero-order chi connectivity index (χ0) is 21.8. The van der Waals surface area contributed by atoms with Gasteiger partial charge in [-0.05, 0) is 60.7 Å². The Hall–Kier alpha value is -3.94. The SMILES string of the molecule is O=C(O)c1ccc(Oc2ncccc2C(=O)N2CCN(c3ccc(F)cc3)CC2)cc1. The molecule has 1 amide bonds. The molecule has 1 saturated heterocycles. The van der Waals surface area contributed by atoms with Crippen LogP contribution in [0.1, 0.15) is 20.7 Å². The molecule has 0 atom stereocenters. The number of ether oxygens (including phenoxy) is 1. The Morgan fingerprint density at radius 1 is 0.935 bits per heavy atom. The number of nitrogens with zero attached hydrogens (tertiary/aromatic N) is 3. The van der Waals surface area contributed by atoms with E-state index in [-0.39, 0.29) is 23.2 Å². The number of carboxylic acid groups (broad SMARTS) is 1. The first kappa shape index (κ1) is 20.3. The van der Waals surface area contributed by atoms with Gasteiger partial charge in [0, 0.05) is 38.1 Å². The van der Waals surface area contributed by atoms with E-state index in [4.69, 9.17) is 9.84 Å². The van der Waals surface area contributed by atoms with Gasteiger partial charge in [-0.25, -0.2) is 14.2 Å². The number of carbonyl (C=O) groups is 2. The second-order valence-electron chi connectivity index (χ2n) is 7.04. The summed E-state index contributed by atoms with van der Waals surface area (Å²) >= 11 is 0. The first-order valence-corrected chi connectivity index (χ1v) is 9.77. The summed E-state index contributed by atoms with van der Waals surface area (Å²) in [7, 11) is 0. The number of aromatic nitrogens is 1. The number of rotatable bonds is 5. The summed E-state index contributed by atoms with van der Waals surface area (Å²) in [6, 6.07) is 15.5. The van der Waals surface area contributed by atoms with Crippen molar-refractivity contribution < 1.29 is 23.8 Å². The summed E-state index contributed by atoms with van der Waals surface area (Å²) in [5, 5.41) is 9.01. The van der Waals surface area contributed by atoms with Gasteiger partial charge >= 0.3 is 5.97 Å². The Kier molecular flexibility index (Phi) is 5.79. The van der Waals surface area contributed by atoms with Crippen molar-refractivity contribution in [2.45, 2.75) is 0 Å². The number of amides is 1. The predicted octanol–water partition coefficient (Wildman–Crippen LogP) is 3.67. The van der Waals surface area contributed by atoms with Gasteiger partial charge in [0.25, 0.3) is 5.91 Å². The second-order valence-corrected chi connectivity index (χ2v) is 7.04. The lowest BCUT2D eigenvalue weighted by Gasteiger charge is -2.36. The molecule has 0 bridgehead atoms. The highest BCUT2D eigenvalue weighted by Crippen LogP contribution is 2.25. The van der Waals surface area contributed by atoms with Gasteiger partial charge in [-0.2, -0.15) is 0 Å². The van der Waals surface area contributed by atoms with Crippen LogP contribution < -0.4 is 9.64 Å². The first-order chi connectivity index (χ1) is 15.0. The van der Waals surface area contributed by atoms with Crippen molar-refractivity contribution in [3.8, 4) is 11.6 Å². The number of piperazine rings is 1. The number of anilines is 1. The van der Waals surface area contributed by atoms with Crippen molar-refractivity contribution in [1.82, 2.24) is 9.88 Å². The quantitative estimate of drug-likeness (QED) is 0.677. The van der Waals surface area contributed by atoms with E-state index < -0.39 is 5.97 Å². The standard InChI is InChI=1S/C23H20FN3O4/c24-17-5-7-18(8-6-17)26-12-14-27(15-13-26)22(28)20-2-1-11-25-21(20)31-19-9-3-16(4-10-19)23(29)30/h1-11H,12-15H2,(H,29,30). The van der Waals surface area contributed by atoms with Gasteiger partial charge in [-0.1, -0.05) is 0 Å². The number of carbonyl (C=O) groups excluding carboxylic acids is 1. The number of hydrogen-bond donors (Lipinski definition) is 1. The fraction of sp³-hybridized carbons (Fsp3) is 0.174. The average molecular weight is 421 g/mol. The van der Waals surface area contributed by atoms with Crippen molar-refractivity contribution in [2.24, 2.45) is 0 Å². The Labute approximate surface area is 178 Å². The third-order valence-electron chi connectivity index (χ3n) is 5.08. The Morgan fingerprint density at radius 2 is 1.61 bits per heavy atom. The van der Waals surface area contributed by atoms with Crippen LogP contribution in [0, 0.1) is 5.82 Å². The number of halogens is 1. The summed E-state index contributed by atoms with van der Waals surface area (Å²) in [5.41, 5.74) is 1.40. The summed E-state index contributed by atoms with van der Waals surface area (Å²) in [6.07, 6.45) is 1.53. The molecule has 1 aliphatic rings. The Bertz CT molecular complexity index is 1080. The fourth-order valence-electron chi connectivity index (χ4n) is 3.40. The molecular weight excluding hydrogens is 401 g/mol. The van der Waals surface area contributed by atoms with Gasteiger partial charge in [-0.15, -0.1) is 0 Å². The molecular formula is C23H20FN3O4. The average Bonchev–Trinajstić information content (AvgIpc) is 2.80. The molecule has 0 unspecified atom stereocenters. The second kappa shape index (κ2) is 8.83. The lowest BCUT2D eigenvalue weighted by molar-refractivity contribution is 0.0695. The highest BCUT2D eigenvalue weighted by atomic mass is 19.1. The molecule has 8 heteroatoms. The predicted molar refractivity (Wildman–Crippen MR) is 112 cm³/mol. The molecule has 4 rings (SSSR count). The van der Waals surface area contributed by atoms with Crippen LogP contribution in [0.3, 0.4) is 0 Å². The summed E-state index contributed by atoms with van der Waals surface area (Å²) < 4.78 is 18.9. The van der Waals surface area contributed by atoms with E-state index in [9.17, 15) is 14.0 Å². The number of pyridine rings is 1. The van der Waals surface area contributed by atoms with Crippen molar-refractivity contribution >= 4 is 17.6 Å². The lowest BCUT2D eigenvalue weighted by atomic mass is 10.2. The van der Waals surface area contributed by atoms with E-state index in [0.29, 0.717) is 37.5 Å². The largest absolute Gasteiger partial charge is 0.478 e. The van der Waals surface area contributed by atoms with Crippen LogP contribution in [0.2, 0.25) is 0 Å². The van der Waals surface area contributed by atoms with E-state index in [1.165, 1.54) is 42.6 Å². The molecule has 3 aromatic rings. The van der Waals surface area contributed by atoms with Gasteiger partial charge in [-0.3, -0.25) is 4.79 Å². The van der Waals surface area contributed by atoms with Crippen molar-refractivity contribution in [3.05, 3.63) is 83.8 Å². The molecule has 1 aromatic heterocycles. The summed E-state index contributed by atoms with van der Waals surface area (Å²) in [5.74, 6) is -0.946. The van der Waals surface area contributed by atoms with Crippen molar-refractivity contribution in [3.63, 3.8) is 0 Å². The number of hydrogen-bond acceptors (Lipinski definition) is 5. The summed E-state index contributed by atoms with van der Waals surface area (Å²) in [6.45, 7) is 2.28. The van der Waals surface area contributed by atoms with Crippen molar-refractivity contribution in [1.29, 1.82) is 0 Å². The first-order valence-electron chi connectivity index (χ1n) is 9.77. The van der Waals surface area contributed by atoms with E-state index in [2.05, 4.69) is 9.88 Å². The van der Waals surface area contributed by atoms with Gasteiger partial charge in [0.2, 0.25) is 5.88 Å². The number of carboxylic acids is 1. The molecule has 7 nitrogen and oxygen atoms in total. The zero-order valence-electron chi connectivity index (χ0n) is 16.6. The molecule has 31 heavy (non-hydrogen) atoms. The highest BCUT2D eigenvalue weighted by Gasteiger charge is 2.25. The Balaban J connectivity index is 1.44. The molecule has 158 valence electrons. The fourth-order valence-corrected chi connectivity index (χ4v) is 3.40. The van der Waals surface area contributed by atoms with Gasteiger partial charge in [0.1, 0.15) is 17.1 Å². The van der Waals surface area contributed by atoms with Crippen LogP contribution in [0.15, 0.2) is 66.9 Å². The monoisotopic (exact) mass is 421 g/mol. The van der Waals surface area contributed by atoms with Crippen LogP contribution >= 0.6 is 0 Å². The Morgan fingerprint density at radius 3 is 2.26 bits per heavy atom. The minimum atomic E-state index is -1.03. The summed E-state index contributed by atoms with van der Waals surface area (Å²) in [4.78, 5) is 32.1. The van der Waals surface area contributed by atoms with Crippen LogP contribution in [-0.2, 0) is 0 Å². The maximum Gasteiger partial charge on any atom is 0.335 e. The normalized spacial score (nSPS) is 13.7. The molecule has 1 aliphatic heterocycles. The van der Waals surface area contributed by atoms with Crippen molar-refractivity contribution in [2.75, 3.05) is 31.1 Å². The van der Waals surface area contributed by atoms with E-state index in [1.54, 1.807) is 29.2 Å². The van der Waals surface area contributed by atoms with Gasteiger partial charge in [0.15, 0.2) is 0 Å². The third kappa shape index (κ3) is 4.63. The van der Waals surface area contributed by atoms with Crippen LogP contribution in [0.4, 0.5) is 10.1 Å². The number of aromatic carboxylic acids is 1. The van der Waals surface area contributed by atoms with Crippen LogP contribution in [0.25, 0.3) is 0 Å². The molecule has 0 radical (unpaired) electrons. The maximum atomic E-state index is 13.1. The minimum absolute atomic E-state index is 0.142. The van der Waals surface area contributed by atoms with Gasteiger partial charge < -0.3 is 19.6 Å². The van der Waals surface area contributed by atoms with E-state index in [1.807, 2.05) is 0 Å². The molecule has 0 aliphatic carbocycles. The molecule has 2 heterocycles. The topological polar surface area (TPSA) is 83.0 Å². The molecule has 1 fully saturated rings. The number of benzene rings is 2. The molecule has 0 saturated carbocycles. The lowest BCUT2D eigenvalue weighted by Crippen LogP contribution is -2.48. The molecule has 1 N–H and O–H groups in total. The van der Waals surface area contributed by atoms with E-state index in [0.717, 1.165) is 5.69 Å².